The zero-order chi connectivity index (χ0) is 25.2. The number of ether oxygens (including phenoxy) is 5. The van der Waals surface area contributed by atoms with Gasteiger partial charge in [-0.05, 0) is 25.1 Å². The number of carbonyl (C=O) groups excluding carboxylic acids is 1. The van der Waals surface area contributed by atoms with Crippen molar-refractivity contribution in [3.63, 3.8) is 0 Å². The summed E-state index contributed by atoms with van der Waals surface area (Å²) < 4.78 is 27.0. The second-order valence-electron chi connectivity index (χ2n) is 8.08. The molecular formula is C21H30O13. The number of aliphatic hydroxyl groups is 7. The number of hydrogen-bond acceptors (Lipinski definition) is 13. The summed E-state index contributed by atoms with van der Waals surface area (Å²) in [5, 5.41) is 70.0. The first-order valence-electron chi connectivity index (χ1n) is 10.6. The van der Waals surface area contributed by atoms with Crippen LogP contribution in [0.3, 0.4) is 0 Å². The summed E-state index contributed by atoms with van der Waals surface area (Å²) in [5.41, 5.74) is 0.357. The van der Waals surface area contributed by atoms with Crippen molar-refractivity contribution in [3.8, 4) is 11.5 Å². The van der Waals surface area contributed by atoms with Gasteiger partial charge in [0.05, 0.1) is 20.3 Å². The monoisotopic (exact) mass is 490 g/mol. The van der Waals surface area contributed by atoms with Gasteiger partial charge in [-0.15, -0.1) is 0 Å². The highest BCUT2D eigenvalue weighted by molar-refractivity contribution is 5.94. The van der Waals surface area contributed by atoms with Gasteiger partial charge < -0.3 is 59.4 Å². The number of benzene rings is 1. The fraction of sp³-hybridized carbons (Fsp3) is 0.667. The average Bonchev–Trinajstić information content (AvgIpc) is 2.83. The minimum absolute atomic E-state index is 0.0914. The van der Waals surface area contributed by atoms with Gasteiger partial charge in [0.15, 0.2) is 23.6 Å². The third kappa shape index (κ3) is 5.49. The van der Waals surface area contributed by atoms with Crippen LogP contribution in [0.4, 0.5) is 0 Å². The van der Waals surface area contributed by atoms with Crippen molar-refractivity contribution in [1.29, 1.82) is 0 Å². The van der Waals surface area contributed by atoms with Crippen LogP contribution in [0, 0.1) is 0 Å². The molecule has 10 atom stereocenters. The van der Waals surface area contributed by atoms with Crippen molar-refractivity contribution in [2.75, 3.05) is 20.3 Å². The molecule has 13 heteroatoms. The second-order valence-corrected chi connectivity index (χ2v) is 8.08. The highest BCUT2D eigenvalue weighted by atomic mass is 16.7. The van der Waals surface area contributed by atoms with E-state index in [9.17, 15) is 40.5 Å². The van der Waals surface area contributed by atoms with Gasteiger partial charge in [-0.25, -0.2) is 0 Å². The summed E-state index contributed by atoms with van der Waals surface area (Å²) in [6.45, 7) is 0.230. The van der Waals surface area contributed by atoms with E-state index in [1.165, 1.54) is 32.2 Å². The summed E-state index contributed by atoms with van der Waals surface area (Å²) in [7, 11) is 1.35. The van der Waals surface area contributed by atoms with Crippen LogP contribution < -0.4 is 9.47 Å². The Balaban J connectivity index is 1.70. The zero-order valence-electron chi connectivity index (χ0n) is 18.5. The number of Topliss-reactive ketones (excluding diaryl/α,β-unsaturated/α-hetero) is 1. The average molecular weight is 490 g/mol. The first-order chi connectivity index (χ1) is 16.1. The Morgan fingerprint density at radius 2 is 1.44 bits per heavy atom. The molecule has 0 saturated carbocycles. The van der Waals surface area contributed by atoms with E-state index in [-0.39, 0.29) is 17.3 Å². The van der Waals surface area contributed by atoms with Gasteiger partial charge in [0, 0.05) is 5.56 Å². The summed E-state index contributed by atoms with van der Waals surface area (Å²) >= 11 is 0. The fourth-order valence-corrected chi connectivity index (χ4v) is 3.66. The third-order valence-electron chi connectivity index (χ3n) is 5.75. The van der Waals surface area contributed by atoms with Crippen molar-refractivity contribution in [1.82, 2.24) is 0 Å². The Morgan fingerprint density at radius 1 is 0.853 bits per heavy atom. The molecule has 0 radical (unpaired) electrons. The highest BCUT2D eigenvalue weighted by Gasteiger charge is 2.48. The molecule has 2 heterocycles. The quantitative estimate of drug-likeness (QED) is 0.181. The van der Waals surface area contributed by atoms with Gasteiger partial charge >= 0.3 is 0 Å². The molecule has 1 aromatic carbocycles. The molecular weight excluding hydrogens is 460 g/mol. The molecule has 7 N–H and O–H groups in total. The maximum atomic E-state index is 11.6. The van der Waals surface area contributed by atoms with E-state index in [4.69, 9.17) is 23.7 Å². The minimum atomic E-state index is -1.70. The Labute approximate surface area is 194 Å². The molecule has 2 saturated heterocycles. The van der Waals surface area contributed by atoms with Crippen molar-refractivity contribution >= 4 is 5.78 Å². The van der Waals surface area contributed by atoms with Crippen molar-refractivity contribution < 1.29 is 64.2 Å². The van der Waals surface area contributed by atoms with E-state index in [1.807, 2.05) is 0 Å². The van der Waals surface area contributed by atoms with Crippen molar-refractivity contribution in [2.24, 2.45) is 0 Å². The largest absolute Gasteiger partial charge is 0.493 e. The number of rotatable bonds is 8. The van der Waals surface area contributed by atoms with E-state index in [0.29, 0.717) is 5.56 Å². The Kier molecular flexibility index (Phi) is 8.81. The second kappa shape index (κ2) is 11.2. The lowest BCUT2D eigenvalue weighted by molar-refractivity contribution is -0.323. The normalized spacial score (nSPS) is 38.4. The SMILES string of the molecule is COc1cc(C(C)=O)ccc1O[C@H]1O[C@H](CO[C@H]2O[C@H](CO)[C@@H](O)[C@H](O)[C@H]2O)[C@@H](O)[C@H](O)[C@H]1O. The van der Waals surface area contributed by atoms with Gasteiger partial charge in [-0.3, -0.25) is 4.79 Å². The van der Waals surface area contributed by atoms with E-state index in [2.05, 4.69) is 0 Å². The topological polar surface area (TPSA) is 205 Å². The molecule has 0 aromatic heterocycles. The van der Waals surface area contributed by atoms with Gasteiger partial charge in [-0.1, -0.05) is 0 Å². The van der Waals surface area contributed by atoms with E-state index in [1.54, 1.807) is 0 Å². The van der Waals surface area contributed by atoms with E-state index < -0.39 is 74.6 Å². The molecule has 0 unspecified atom stereocenters. The lowest BCUT2D eigenvalue weighted by Gasteiger charge is -2.42. The van der Waals surface area contributed by atoms with Crippen LogP contribution >= 0.6 is 0 Å². The molecule has 3 rings (SSSR count). The first-order valence-corrected chi connectivity index (χ1v) is 10.6. The minimum Gasteiger partial charge on any atom is -0.493 e. The van der Waals surface area contributed by atoms with Crippen LogP contribution in [0.2, 0.25) is 0 Å². The Bertz CT molecular complexity index is 833. The molecule has 192 valence electrons. The fourth-order valence-electron chi connectivity index (χ4n) is 3.66. The lowest BCUT2D eigenvalue weighted by Crippen LogP contribution is -2.62. The summed E-state index contributed by atoms with van der Waals surface area (Å²) in [6, 6.07) is 4.32. The maximum absolute atomic E-state index is 11.6. The van der Waals surface area contributed by atoms with Crippen LogP contribution in [0.5, 0.6) is 11.5 Å². The smallest absolute Gasteiger partial charge is 0.229 e. The number of methoxy groups -OCH3 is 1. The molecule has 2 fully saturated rings. The molecule has 2 aliphatic heterocycles. The van der Waals surface area contributed by atoms with Crippen LogP contribution in [0.1, 0.15) is 17.3 Å². The van der Waals surface area contributed by atoms with Crippen molar-refractivity contribution in [2.45, 2.75) is 68.3 Å². The summed E-state index contributed by atoms with van der Waals surface area (Å²) in [4.78, 5) is 11.6. The van der Waals surface area contributed by atoms with Gasteiger partial charge in [-0.2, -0.15) is 0 Å². The predicted molar refractivity (Wildman–Crippen MR) is 110 cm³/mol. The molecule has 0 aliphatic carbocycles. The molecule has 0 spiro atoms. The molecule has 0 amide bonds. The van der Waals surface area contributed by atoms with Gasteiger partial charge in [0.1, 0.15) is 48.8 Å². The Morgan fingerprint density at radius 3 is 2.03 bits per heavy atom. The molecule has 13 nitrogen and oxygen atoms in total. The van der Waals surface area contributed by atoms with Gasteiger partial charge in [0.2, 0.25) is 6.29 Å². The van der Waals surface area contributed by atoms with Crippen LogP contribution in [0.15, 0.2) is 18.2 Å². The number of hydrogen-bond donors (Lipinski definition) is 7. The predicted octanol–water partition coefficient (Wildman–Crippen LogP) is -3.10. The maximum Gasteiger partial charge on any atom is 0.229 e. The van der Waals surface area contributed by atoms with Gasteiger partial charge in [0.25, 0.3) is 0 Å². The van der Waals surface area contributed by atoms with Crippen LogP contribution in [-0.2, 0) is 14.2 Å². The number of carbonyl (C=O) groups is 1. The highest BCUT2D eigenvalue weighted by Crippen LogP contribution is 2.32. The third-order valence-corrected chi connectivity index (χ3v) is 5.75. The van der Waals surface area contributed by atoms with Crippen molar-refractivity contribution in [3.05, 3.63) is 23.8 Å². The standard InChI is InChI=1S/C21H30O13/c1-8(23)9-3-4-10(11(5-9)30-2)32-21-19(29)17(27)15(25)13(34-21)7-31-20-18(28)16(26)14(24)12(6-22)33-20/h3-5,12-22,24-29H,6-7H2,1-2H3/t12-,13-,14-,15-,16+,17+,18-,19-,20+,21+/m1/s1. The number of ketones is 1. The first kappa shape index (κ1) is 26.7. The summed E-state index contributed by atoms with van der Waals surface area (Å²) in [5.74, 6) is 0.0507. The molecule has 1 aromatic rings. The van der Waals surface area contributed by atoms with Crippen LogP contribution in [0.25, 0.3) is 0 Å². The summed E-state index contributed by atoms with van der Waals surface area (Å²) in [6.07, 6.45) is -15.4. The van der Waals surface area contributed by atoms with Crippen LogP contribution in [-0.4, -0.2) is 123 Å². The molecule has 0 bridgehead atoms. The Hall–Kier alpha value is -1.91. The zero-order valence-corrected chi connectivity index (χ0v) is 18.5. The number of aliphatic hydroxyl groups excluding tert-OH is 7. The lowest BCUT2D eigenvalue weighted by atomic mass is 9.98. The molecule has 34 heavy (non-hydrogen) atoms. The molecule has 2 aliphatic rings. The van der Waals surface area contributed by atoms with E-state index in [0.717, 1.165) is 0 Å². The van der Waals surface area contributed by atoms with E-state index >= 15 is 0 Å².